The van der Waals surface area contributed by atoms with Gasteiger partial charge in [-0.1, -0.05) is 79.3 Å². The van der Waals surface area contributed by atoms with Crippen LogP contribution in [0.2, 0.25) is 0 Å². The van der Waals surface area contributed by atoms with Gasteiger partial charge in [-0.15, -0.1) is 10.2 Å². The Morgan fingerprint density at radius 3 is 2.44 bits per heavy atom. The van der Waals surface area contributed by atoms with Crippen molar-refractivity contribution in [3.63, 3.8) is 0 Å². The Labute approximate surface area is 270 Å². The summed E-state index contributed by atoms with van der Waals surface area (Å²) in [5, 5.41) is 20.4. The molecule has 1 atom stereocenters. The monoisotopic (exact) mass is 645 g/mol. The molecule has 1 N–H and O–H groups in total. The molecular weight excluding hydrogens is 611 g/mol. The molecule has 1 amide bonds. The summed E-state index contributed by atoms with van der Waals surface area (Å²) in [6.07, 6.45) is 3.04. The van der Waals surface area contributed by atoms with E-state index in [2.05, 4.69) is 17.1 Å². The number of carbonyl (C=O) groups is 2. The Balaban J connectivity index is 1.56. The van der Waals surface area contributed by atoms with Gasteiger partial charge in [0.05, 0.1) is 31.9 Å². The molecule has 0 radical (unpaired) electrons. The zero-order chi connectivity index (χ0) is 31.8. The van der Waals surface area contributed by atoms with Crippen molar-refractivity contribution in [3.05, 3.63) is 95.1 Å². The molecule has 0 saturated carbocycles. The van der Waals surface area contributed by atoms with Crippen molar-refractivity contribution >= 4 is 45.7 Å². The number of aliphatic hydroxyl groups excluding tert-OH is 1. The Hall–Kier alpha value is -4.35. The van der Waals surface area contributed by atoms with E-state index in [4.69, 9.17) is 14.2 Å². The van der Waals surface area contributed by atoms with Crippen LogP contribution in [0.3, 0.4) is 0 Å². The number of anilines is 1. The fraction of sp³-hybridized carbons (Fsp3) is 0.294. The Bertz CT molecular complexity index is 1660. The number of aromatic nitrogens is 2. The van der Waals surface area contributed by atoms with Gasteiger partial charge in [0.1, 0.15) is 11.5 Å². The summed E-state index contributed by atoms with van der Waals surface area (Å²) in [6, 6.07) is 20.9. The number of methoxy groups -OCH3 is 1. The standard InChI is InChI=1S/C34H35N3O6S2/c1-4-6-10-19-43-26-18-15-24(20-27(26)42-5-2)29-28(30(38)23-13-16-25(41-3)17-14-23)31(39)32(40)37(29)33-35-36-34(45-33)44-21-22-11-8-7-9-12-22/h7-9,11-18,20,29,38H,4-6,10,19,21H2,1-3H3. The molecule has 1 fully saturated rings. The Morgan fingerprint density at radius 2 is 1.73 bits per heavy atom. The lowest BCUT2D eigenvalue weighted by Gasteiger charge is -2.23. The number of benzene rings is 3. The lowest BCUT2D eigenvalue weighted by atomic mass is 9.95. The predicted octanol–water partition coefficient (Wildman–Crippen LogP) is 7.43. The molecular formula is C34H35N3O6S2. The number of hydrogen-bond donors (Lipinski definition) is 1. The van der Waals surface area contributed by atoms with E-state index in [0.717, 1.165) is 24.8 Å². The summed E-state index contributed by atoms with van der Waals surface area (Å²) < 4.78 is 17.9. The van der Waals surface area contributed by atoms with Crippen molar-refractivity contribution in [3.8, 4) is 17.2 Å². The maximum absolute atomic E-state index is 13.7. The second kappa shape index (κ2) is 15.1. The maximum atomic E-state index is 13.7. The van der Waals surface area contributed by atoms with E-state index in [9.17, 15) is 14.7 Å². The Kier molecular flexibility index (Phi) is 10.7. The summed E-state index contributed by atoms with van der Waals surface area (Å²) in [5.74, 6) is 0.395. The number of rotatable bonds is 14. The third-order valence-corrected chi connectivity index (χ3v) is 9.33. The fourth-order valence-corrected chi connectivity index (χ4v) is 6.77. The van der Waals surface area contributed by atoms with Crippen molar-refractivity contribution in [1.29, 1.82) is 0 Å². The van der Waals surface area contributed by atoms with Crippen LogP contribution in [-0.4, -0.2) is 47.3 Å². The van der Waals surface area contributed by atoms with Gasteiger partial charge in [-0.3, -0.25) is 14.5 Å². The highest BCUT2D eigenvalue weighted by Crippen LogP contribution is 2.45. The van der Waals surface area contributed by atoms with Gasteiger partial charge in [-0.2, -0.15) is 0 Å². The zero-order valence-corrected chi connectivity index (χ0v) is 27.0. The molecule has 0 bridgehead atoms. The average molecular weight is 646 g/mol. The minimum Gasteiger partial charge on any atom is -0.507 e. The van der Waals surface area contributed by atoms with Gasteiger partial charge in [0.25, 0.3) is 5.78 Å². The lowest BCUT2D eigenvalue weighted by Crippen LogP contribution is -2.29. The smallest absolute Gasteiger partial charge is 0.301 e. The van der Waals surface area contributed by atoms with Crippen LogP contribution in [0.15, 0.2) is 82.7 Å². The minimum atomic E-state index is -0.986. The molecule has 1 aliphatic heterocycles. The molecule has 9 nitrogen and oxygen atoms in total. The van der Waals surface area contributed by atoms with Gasteiger partial charge < -0.3 is 19.3 Å². The summed E-state index contributed by atoms with van der Waals surface area (Å²) in [5.41, 5.74) is 2.00. The molecule has 1 unspecified atom stereocenters. The van der Waals surface area contributed by atoms with Crippen molar-refractivity contribution < 1.29 is 28.9 Å². The first-order chi connectivity index (χ1) is 21.9. The highest BCUT2D eigenvalue weighted by Gasteiger charge is 2.48. The van der Waals surface area contributed by atoms with E-state index in [0.29, 0.717) is 51.7 Å². The van der Waals surface area contributed by atoms with Crippen molar-refractivity contribution in [1.82, 2.24) is 10.2 Å². The third-order valence-electron chi connectivity index (χ3n) is 7.20. The molecule has 234 valence electrons. The molecule has 1 aromatic heterocycles. The number of nitrogens with zero attached hydrogens (tertiary/aromatic N) is 3. The third kappa shape index (κ3) is 7.32. The summed E-state index contributed by atoms with van der Waals surface area (Å²) in [7, 11) is 1.54. The van der Waals surface area contributed by atoms with E-state index < -0.39 is 17.7 Å². The molecule has 5 rings (SSSR count). The van der Waals surface area contributed by atoms with Crippen molar-refractivity contribution in [2.45, 2.75) is 49.2 Å². The predicted molar refractivity (Wildman–Crippen MR) is 176 cm³/mol. The second-order valence-corrected chi connectivity index (χ2v) is 12.4. The number of amides is 1. The van der Waals surface area contributed by atoms with Gasteiger partial charge in [-0.05, 0) is 60.9 Å². The molecule has 4 aromatic rings. The van der Waals surface area contributed by atoms with E-state index in [1.54, 1.807) is 49.6 Å². The number of unbranched alkanes of at least 4 members (excludes halogenated alkanes) is 2. The normalized spacial score (nSPS) is 15.8. The van der Waals surface area contributed by atoms with Crippen LogP contribution in [0, 0.1) is 0 Å². The second-order valence-electron chi connectivity index (χ2n) is 10.2. The number of thioether (sulfide) groups is 1. The molecule has 1 aliphatic rings. The number of aliphatic hydroxyl groups is 1. The SMILES string of the molecule is CCCCCOc1ccc(C2C(=C(O)c3ccc(OC)cc3)C(=O)C(=O)N2c2nnc(SCc3ccccc3)s2)cc1OCC. The highest BCUT2D eigenvalue weighted by molar-refractivity contribution is 8.00. The summed E-state index contributed by atoms with van der Waals surface area (Å²) in [6.45, 7) is 4.93. The van der Waals surface area contributed by atoms with Crippen LogP contribution >= 0.6 is 23.1 Å². The van der Waals surface area contributed by atoms with Crippen LogP contribution in [-0.2, 0) is 15.3 Å². The first-order valence-electron chi connectivity index (χ1n) is 14.8. The Morgan fingerprint density at radius 1 is 0.956 bits per heavy atom. The highest BCUT2D eigenvalue weighted by atomic mass is 32.2. The van der Waals surface area contributed by atoms with Crippen molar-refractivity contribution in [2.24, 2.45) is 0 Å². The first-order valence-corrected chi connectivity index (χ1v) is 16.6. The average Bonchev–Trinajstić information content (AvgIpc) is 3.64. The van der Waals surface area contributed by atoms with Crippen LogP contribution < -0.4 is 19.1 Å². The van der Waals surface area contributed by atoms with Crippen molar-refractivity contribution in [2.75, 3.05) is 25.2 Å². The van der Waals surface area contributed by atoms with Gasteiger partial charge in [0, 0.05) is 11.3 Å². The summed E-state index contributed by atoms with van der Waals surface area (Å²) >= 11 is 2.71. The minimum absolute atomic E-state index is 0.0575. The first kappa shape index (κ1) is 32.1. The largest absolute Gasteiger partial charge is 0.507 e. The molecule has 1 saturated heterocycles. The van der Waals surface area contributed by atoms with Gasteiger partial charge >= 0.3 is 5.91 Å². The van der Waals surface area contributed by atoms with E-state index in [-0.39, 0.29) is 16.5 Å². The molecule has 11 heteroatoms. The number of Topliss-reactive ketones (excluding diaryl/α,β-unsaturated/α-hetero) is 1. The van der Waals surface area contributed by atoms with Crippen LogP contribution in [0.5, 0.6) is 17.2 Å². The van der Waals surface area contributed by atoms with Crippen LogP contribution in [0.1, 0.15) is 55.8 Å². The maximum Gasteiger partial charge on any atom is 0.301 e. The molecule has 2 heterocycles. The number of hydrogen-bond acceptors (Lipinski definition) is 10. The van der Waals surface area contributed by atoms with Crippen LogP contribution in [0.4, 0.5) is 5.13 Å². The number of ether oxygens (including phenoxy) is 3. The lowest BCUT2D eigenvalue weighted by molar-refractivity contribution is -0.132. The van der Waals surface area contributed by atoms with Gasteiger partial charge in [0.15, 0.2) is 15.8 Å². The molecule has 0 spiro atoms. The number of ketones is 1. The summed E-state index contributed by atoms with van der Waals surface area (Å²) in [4.78, 5) is 28.7. The quantitative estimate of drug-likeness (QED) is 0.0374. The van der Waals surface area contributed by atoms with Gasteiger partial charge in [-0.25, -0.2) is 0 Å². The van der Waals surface area contributed by atoms with E-state index in [1.807, 2.05) is 37.3 Å². The van der Waals surface area contributed by atoms with E-state index >= 15 is 0 Å². The van der Waals surface area contributed by atoms with Crippen LogP contribution in [0.25, 0.3) is 5.76 Å². The molecule has 0 aliphatic carbocycles. The van der Waals surface area contributed by atoms with E-state index in [1.165, 1.54) is 28.0 Å². The topological polar surface area (TPSA) is 111 Å². The molecule has 45 heavy (non-hydrogen) atoms. The zero-order valence-electron chi connectivity index (χ0n) is 25.4. The molecule has 3 aromatic carbocycles. The number of carbonyl (C=O) groups excluding carboxylic acids is 2. The van der Waals surface area contributed by atoms with Gasteiger partial charge in [0.2, 0.25) is 5.13 Å². The fourth-order valence-electron chi connectivity index (χ4n) is 4.94.